The summed E-state index contributed by atoms with van der Waals surface area (Å²) in [6.07, 6.45) is 2.45. The third-order valence-electron chi connectivity index (χ3n) is 3.91. The van der Waals surface area contributed by atoms with Crippen LogP contribution in [0.1, 0.15) is 31.4 Å². The molecular formula is C15H21ClN2O3. The van der Waals surface area contributed by atoms with E-state index in [1.54, 1.807) is 6.92 Å². The van der Waals surface area contributed by atoms with Crippen molar-refractivity contribution >= 4 is 18.3 Å². The van der Waals surface area contributed by atoms with Crippen molar-refractivity contribution in [2.45, 2.75) is 25.8 Å². The van der Waals surface area contributed by atoms with Crippen molar-refractivity contribution < 1.29 is 14.3 Å². The Morgan fingerprint density at radius 1 is 1.29 bits per heavy atom. The molecule has 0 aromatic heterocycles. The number of hydrogen-bond donors (Lipinski definition) is 1. The molecule has 1 unspecified atom stereocenters. The van der Waals surface area contributed by atoms with Crippen LogP contribution < -0.4 is 14.8 Å². The molecule has 2 heterocycles. The van der Waals surface area contributed by atoms with Crippen molar-refractivity contribution in [2.75, 3.05) is 26.4 Å². The van der Waals surface area contributed by atoms with Crippen LogP contribution >= 0.6 is 12.4 Å². The zero-order valence-electron chi connectivity index (χ0n) is 12.1. The lowest BCUT2D eigenvalue weighted by Crippen LogP contribution is -2.35. The minimum Gasteiger partial charge on any atom is -0.454 e. The number of halogens is 1. The van der Waals surface area contributed by atoms with Gasteiger partial charge in [-0.05, 0) is 43.6 Å². The molecule has 5 nitrogen and oxygen atoms in total. The number of nitrogens with one attached hydrogen (secondary N) is 1. The summed E-state index contributed by atoms with van der Waals surface area (Å²) >= 11 is 0. The Balaban J connectivity index is 0.00000161. The summed E-state index contributed by atoms with van der Waals surface area (Å²) < 4.78 is 10.8. The smallest absolute Gasteiger partial charge is 0.231 e. The number of ether oxygens (including phenoxy) is 2. The van der Waals surface area contributed by atoms with Crippen LogP contribution in [0.25, 0.3) is 0 Å². The second-order valence-electron chi connectivity index (χ2n) is 5.31. The highest BCUT2D eigenvalue weighted by atomic mass is 35.5. The fourth-order valence-electron chi connectivity index (χ4n) is 2.87. The second-order valence-corrected chi connectivity index (χ2v) is 5.31. The first-order chi connectivity index (χ1) is 9.74. The molecule has 1 saturated heterocycles. The first-order valence-electron chi connectivity index (χ1n) is 7.12. The third-order valence-corrected chi connectivity index (χ3v) is 3.91. The van der Waals surface area contributed by atoms with Gasteiger partial charge < -0.3 is 14.8 Å². The fourth-order valence-corrected chi connectivity index (χ4v) is 2.87. The summed E-state index contributed by atoms with van der Waals surface area (Å²) in [6.45, 7) is 4.64. The molecule has 0 bridgehead atoms. The Morgan fingerprint density at radius 2 is 2.00 bits per heavy atom. The van der Waals surface area contributed by atoms with Crippen LogP contribution in [0.4, 0.5) is 0 Å². The summed E-state index contributed by atoms with van der Waals surface area (Å²) in [5.74, 6) is 1.61. The number of hydrogen-bond acceptors (Lipinski definition) is 4. The Bertz CT molecular complexity index is 504. The van der Waals surface area contributed by atoms with E-state index in [4.69, 9.17) is 9.47 Å². The van der Waals surface area contributed by atoms with Gasteiger partial charge in [-0.15, -0.1) is 12.4 Å². The fraction of sp³-hybridized carbons (Fsp3) is 0.533. The lowest BCUT2D eigenvalue weighted by atomic mass is 10.0. The average molecular weight is 313 g/mol. The molecule has 2 aliphatic rings. The molecule has 1 aromatic carbocycles. The highest BCUT2D eigenvalue weighted by Gasteiger charge is 2.25. The standard InChI is InChI=1S/C15H20N2O3.ClH/c1-11(18)16-9-13(17-6-2-3-7-17)12-4-5-14-15(8-12)20-10-19-14;/h4-5,8,13H,2-3,6-7,9-10H2,1H3,(H,16,18);1H. The molecule has 116 valence electrons. The maximum absolute atomic E-state index is 11.2. The third kappa shape index (κ3) is 3.60. The van der Waals surface area contributed by atoms with Gasteiger partial charge in [0.1, 0.15) is 0 Å². The van der Waals surface area contributed by atoms with Crippen LogP contribution in [0.2, 0.25) is 0 Å². The van der Waals surface area contributed by atoms with Gasteiger partial charge in [0.2, 0.25) is 12.7 Å². The van der Waals surface area contributed by atoms with Crippen LogP contribution in [0.5, 0.6) is 11.5 Å². The van der Waals surface area contributed by atoms with Crippen LogP contribution in [0, 0.1) is 0 Å². The van der Waals surface area contributed by atoms with E-state index >= 15 is 0 Å². The van der Waals surface area contributed by atoms with Crippen LogP contribution in [-0.4, -0.2) is 37.2 Å². The largest absolute Gasteiger partial charge is 0.454 e. The highest BCUT2D eigenvalue weighted by Crippen LogP contribution is 2.36. The van der Waals surface area contributed by atoms with Gasteiger partial charge in [-0.2, -0.15) is 0 Å². The lowest BCUT2D eigenvalue weighted by molar-refractivity contribution is -0.119. The predicted molar refractivity (Wildman–Crippen MR) is 82.0 cm³/mol. The average Bonchev–Trinajstić information content (AvgIpc) is 3.08. The molecule has 21 heavy (non-hydrogen) atoms. The maximum Gasteiger partial charge on any atom is 0.231 e. The zero-order valence-corrected chi connectivity index (χ0v) is 12.9. The molecule has 2 aliphatic heterocycles. The van der Waals surface area contributed by atoms with E-state index < -0.39 is 0 Å². The number of nitrogens with zero attached hydrogens (tertiary/aromatic N) is 1. The molecule has 0 radical (unpaired) electrons. The number of carbonyl (C=O) groups excluding carboxylic acids is 1. The summed E-state index contributed by atoms with van der Waals surface area (Å²) in [7, 11) is 0. The van der Waals surface area contributed by atoms with E-state index in [0.29, 0.717) is 13.3 Å². The van der Waals surface area contributed by atoms with Gasteiger partial charge in [-0.1, -0.05) is 6.07 Å². The normalized spacial score (nSPS) is 18.1. The monoisotopic (exact) mass is 312 g/mol. The molecular weight excluding hydrogens is 292 g/mol. The van der Waals surface area contributed by atoms with Crippen molar-refractivity contribution in [1.29, 1.82) is 0 Å². The van der Waals surface area contributed by atoms with Crippen molar-refractivity contribution in [3.8, 4) is 11.5 Å². The molecule has 6 heteroatoms. The predicted octanol–water partition coefficient (Wildman–Crippen LogP) is 2.11. The SMILES string of the molecule is CC(=O)NCC(c1ccc2c(c1)OCO2)N1CCCC1.Cl. The van der Waals surface area contributed by atoms with E-state index in [-0.39, 0.29) is 24.4 Å². The summed E-state index contributed by atoms with van der Waals surface area (Å²) in [4.78, 5) is 13.6. The molecule has 0 aliphatic carbocycles. The number of benzene rings is 1. The summed E-state index contributed by atoms with van der Waals surface area (Å²) in [6, 6.07) is 6.26. The molecule has 1 fully saturated rings. The molecule has 3 rings (SSSR count). The van der Waals surface area contributed by atoms with E-state index in [2.05, 4.69) is 16.3 Å². The van der Waals surface area contributed by atoms with Gasteiger partial charge in [0, 0.05) is 13.5 Å². The van der Waals surface area contributed by atoms with E-state index in [1.807, 2.05) is 12.1 Å². The van der Waals surface area contributed by atoms with E-state index in [1.165, 1.54) is 18.4 Å². The Labute approximate surface area is 131 Å². The lowest BCUT2D eigenvalue weighted by Gasteiger charge is -2.28. The summed E-state index contributed by atoms with van der Waals surface area (Å²) in [5, 5.41) is 2.94. The zero-order chi connectivity index (χ0) is 13.9. The highest BCUT2D eigenvalue weighted by molar-refractivity contribution is 5.85. The number of carbonyl (C=O) groups is 1. The van der Waals surface area contributed by atoms with Gasteiger partial charge in [0.25, 0.3) is 0 Å². The van der Waals surface area contributed by atoms with Gasteiger partial charge >= 0.3 is 0 Å². The number of rotatable bonds is 4. The number of amides is 1. The Hall–Kier alpha value is -1.46. The second kappa shape index (κ2) is 7.00. The van der Waals surface area contributed by atoms with Crippen molar-refractivity contribution in [3.63, 3.8) is 0 Å². The molecule has 1 atom stereocenters. The molecule has 1 N–H and O–H groups in total. The van der Waals surface area contributed by atoms with E-state index in [9.17, 15) is 4.79 Å². The molecule has 0 saturated carbocycles. The first-order valence-corrected chi connectivity index (χ1v) is 7.12. The van der Waals surface area contributed by atoms with Gasteiger partial charge in [0.15, 0.2) is 11.5 Å². The topological polar surface area (TPSA) is 50.8 Å². The van der Waals surface area contributed by atoms with Crippen molar-refractivity contribution in [2.24, 2.45) is 0 Å². The minimum absolute atomic E-state index is 0. The Kier molecular flexibility index (Phi) is 5.31. The number of likely N-dealkylation sites (tertiary alicyclic amines) is 1. The van der Waals surface area contributed by atoms with Crippen LogP contribution in [0.15, 0.2) is 18.2 Å². The van der Waals surface area contributed by atoms with Gasteiger partial charge in [-0.3, -0.25) is 9.69 Å². The molecule has 0 spiro atoms. The quantitative estimate of drug-likeness (QED) is 0.925. The van der Waals surface area contributed by atoms with Crippen LogP contribution in [-0.2, 0) is 4.79 Å². The summed E-state index contributed by atoms with van der Waals surface area (Å²) in [5.41, 5.74) is 1.17. The number of fused-ring (bicyclic) bond motifs is 1. The van der Waals surface area contributed by atoms with Crippen LogP contribution in [0.3, 0.4) is 0 Å². The van der Waals surface area contributed by atoms with Gasteiger partial charge in [-0.25, -0.2) is 0 Å². The van der Waals surface area contributed by atoms with Gasteiger partial charge in [0.05, 0.1) is 6.04 Å². The van der Waals surface area contributed by atoms with Crippen molar-refractivity contribution in [1.82, 2.24) is 10.2 Å². The molecule has 1 aromatic rings. The first kappa shape index (κ1) is 15.9. The van der Waals surface area contributed by atoms with E-state index in [0.717, 1.165) is 24.6 Å². The van der Waals surface area contributed by atoms with Crippen molar-refractivity contribution in [3.05, 3.63) is 23.8 Å². The molecule has 1 amide bonds. The minimum atomic E-state index is 0. The Morgan fingerprint density at radius 3 is 2.71 bits per heavy atom. The maximum atomic E-state index is 11.2.